The molecule has 0 aliphatic heterocycles. The molecular formula is C17H19N3O3S. The van der Waals surface area contributed by atoms with Crippen LogP contribution in [0.5, 0.6) is 5.75 Å². The molecule has 0 fully saturated rings. The molecule has 1 atom stereocenters. The standard InChI is InChI=1S/C17H19N3O3S/c1-10-2-7-13-14(8-10)24-17(19-13)20-15(21)9-23-12-5-3-11(4-6-12)16(18)22/h3-6,10H,2,7-9H2,1H3,(H2,18,22)(H,19,20,21)/t10-/m0/s1. The van der Waals surface area contributed by atoms with Crippen LogP contribution in [0.3, 0.4) is 0 Å². The van der Waals surface area contributed by atoms with Gasteiger partial charge in [0.2, 0.25) is 5.91 Å². The summed E-state index contributed by atoms with van der Waals surface area (Å²) in [4.78, 5) is 28.8. The van der Waals surface area contributed by atoms with Crippen LogP contribution in [0.15, 0.2) is 24.3 Å². The molecule has 7 heteroatoms. The van der Waals surface area contributed by atoms with E-state index in [1.165, 1.54) is 4.88 Å². The van der Waals surface area contributed by atoms with Crippen molar-refractivity contribution >= 4 is 28.3 Å². The monoisotopic (exact) mass is 345 g/mol. The molecule has 126 valence electrons. The molecule has 0 radical (unpaired) electrons. The highest BCUT2D eigenvalue weighted by Gasteiger charge is 2.20. The molecule has 1 heterocycles. The number of benzene rings is 1. The predicted octanol–water partition coefficient (Wildman–Crippen LogP) is 2.38. The van der Waals surface area contributed by atoms with Gasteiger partial charge >= 0.3 is 0 Å². The number of hydrogen-bond acceptors (Lipinski definition) is 5. The van der Waals surface area contributed by atoms with Gasteiger partial charge in [-0.25, -0.2) is 4.98 Å². The molecule has 0 saturated carbocycles. The Morgan fingerprint density at radius 2 is 2.12 bits per heavy atom. The molecule has 0 unspecified atom stereocenters. The van der Waals surface area contributed by atoms with Gasteiger partial charge in [0.15, 0.2) is 11.7 Å². The van der Waals surface area contributed by atoms with Crippen LogP contribution >= 0.6 is 11.3 Å². The highest BCUT2D eigenvalue weighted by molar-refractivity contribution is 7.15. The van der Waals surface area contributed by atoms with Gasteiger partial charge in [-0.05, 0) is 49.4 Å². The zero-order valence-corrected chi connectivity index (χ0v) is 14.2. The third-order valence-corrected chi connectivity index (χ3v) is 4.98. The number of nitrogens with one attached hydrogen (secondary N) is 1. The molecule has 24 heavy (non-hydrogen) atoms. The molecule has 0 spiro atoms. The van der Waals surface area contributed by atoms with E-state index in [1.807, 2.05) is 0 Å². The van der Waals surface area contributed by atoms with Crippen molar-refractivity contribution in [1.82, 2.24) is 4.98 Å². The van der Waals surface area contributed by atoms with E-state index in [0.29, 0.717) is 22.4 Å². The summed E-state index contributed by atoms with van der Waals surface area (Å²) in [6, 6.07) is 6.34. The van der Waals surface area contributed by atoms with Crippen LogP contribution in [0.1, 0.15) is 34.3 Å². The fourth-order valence-corrected chi connectivity index (χ4v) is 3.80. The normalized spacial score (nSPS) is 16.3. The molecule has 6 nitrogen and oxygen atoms in total. The van der Waals surface area contributed by atoms with E-state index in [1.54, 1.807) is 35.6 Å². The number of nitrogens with zero attached hydrogens (tertiary/aromatic N) is 1. The number of nitrogens with two attached hydrogens (primary N) is 1. The Morgan fingerprint density at radius 3 is 2.83 bits per heavy atom. The van der Waals surface area contributed by atoms with E-state index < -0.39 is 5.91 Å². The Bertz CT molecular complexity index is 755. The van der Waals surface area contributed by atoms with Crippen molar-refractivity contribution in [2.45, 2.75) is 26.2 Å². The maximum absolute atomic E-state index is 12.0. The smallest absolute Gasteiger partial charge is 0.264 e. The zero-order valence-electron chi connectivity index (χ0n) is 13.4. The zero-order chi connectivity index (χ0) is 17.1. The van der Waals surface area contributed by atoms with Crippen LogP contribution in [0.25, 0.3) is 0 Å². The van der Waals surface area contributed by atoms with Crippen LogP contribution in [0, 0.1) is 5.92 Å². The number of ether oxygens (including phenoxy) is 1. The Balaban J connectivity index is 1.53. The minimum atomic E-state index is -0.499. The molecule has 1 aliphatic rings. The Hall–Kier alpha value is -2.41. The van der Waals surface area contributed by atoms with Crippen LogP contribution in [0.4, 0.5) is 5.13 Å². The minimum absolute atomic E-state index is 0.115. The van der Waals surface area contributed by atoms with Gasteiger partial charge in [-0.15, -0.1) is 11.3 Å². The number of amides is 2. The first-order chi connectivity index (χ1) is 11.5. The first-order valence-corrected chi connectivity index (χ1v) is 8.64. The molecule has 0 bridgehead atoms. The Morgan fingerprint density at radius 1 is 1.38 bits per heavy atom. The van der Waals surface area contributed by atoms with Gasteiger partial charge in [-0.2, -0.15) is 0 Å². The third kappa shape index (κ3) is 3.91. The Labute approximate surface area is 144 Å². The van der Waals surface area contributed by atoms with Crippen molar-refractivity contribution in [3.63, 3.8) is 0 Å². The maximum Gasteiger partial charge on any atom is 0.264 e. The summed E-state index contributed by atoms with van der Waals surface area (Å²) >= 11 is 1.54. The molecule has 1 aromatic carbocycles. The first-order valence-electron chi connectivity index (χ1n) is 7.82. The predicted molar refractivity (Wildman–Crippen MR) is 92.4 cm³/mol. The summed E-state index contributed by atoms with van der Waals surface area (Å²) in [5.41, 5.74) is 6.68. The van der Waals surface area contributed by atoms with Gasteiger partial charge in [0, 0.05) is 10.4 Å². The lowest BCUT2D eigenvalue weighted by Crippen LogP contribution is -2.20. The molecule has 1 aromatic heterocycles. The number of carbonyl (C=O) groups excluding carboxylic acids is 2. The average molecular weight is 345 g/mol. The lowest BCUT2D eigenvalue weighted by atomic mass is 9.93. The summed E-state index contributed by atoms with van der Waals surface area (Å²) in [6.45, 7) is 2.12. The van der Waals surface area contributed by atoms with Crippen molar-refractivity contribution in [2.75, 3.05) is 11.9 Å². The molecule has 3 rings (SSSR count). The summed E-state index contributed by atoms with van der Waals surface area (Å²) in [5, 5.41) is 3.41. The highest BCUT2D eigenvalue weighted by atomic mass is 32.1. The largest absolute Gasteiger partial charge is 0.484 e. The highest BCUT2D eigenvalue weighted by Crippen LogP contribution is 2.32. The van der Waals surface area contributed by atoms with Crippen molar-refractivity contribution in [1.29, 1.82) is 0 Å². The number of rotatable bonds is 5. The van der Waals surface area contributed by atoms with Gasteiger partial charge < -0.3 is 10.5 Å². The molecule has 0 saturated heterocycles. The number of primary amides is 1. The summed E-state index contributed by atoms with van der Waals surface area (Å²) in [7, 11) is 0. The number of carbonyl (C=O) groups is 2. The first kappa shape index (κ1) is 16.4. The van der Waals surface area contributed by atoms with Crippen LogP contribution in [-0.4, -0.2) is 23.4 Å². The second-order valence-corrected chi connectivity index (χ2v) is 7.05. The van der Waals surface area contributed by atoms with Crippen molar-refractivity contribution in [3.8, 4) is 5.75 Å². The van der Waals surface area contributed by atoms with Gasteiger partial charge in [0.1, 0.15) is 5.75 Å². The van der Waals surface area contributed by atoms with Crippen LogP contribution in [0.2, 0.25) is 0 Å². The summed E-state index contributed by atoms with van der Waals surface area (Å²) < 4.78 is 5.41. The van der Waals surface area contributed by atoms with E-state index in [4.69, 9.17) is 10.5 Å². The van der Waals surface area contributed by atoms with Crippen molar-refractivity contribution in [3.05, 3.63) is 40.4 Å². The number of anilines is 1. The fraction of sp³-hybridized carbons (Fsp3) is 0.353. The summed E-state index contributed by atoms with van der Waals surface area (Å²) in [6.07, 6.45) is 3.16. The molecular weight excluding hydrogens is 326 g/mol. The van der Waals surface area contributed by atoms with Crippen LogP contribution in [-0.2, 0) is 17.6 Å². The number of fused-ring (bicyclic) bond motifs is 1. The van der Waals surface area contributed by atoms with E-state index in [0.717, 1.165) is 25.0 Å². The quantitative estimate of drug-likeness (QED) is 0.870. The fourth-order valence-electron chi connectivity index (χ4n) is 2.61. The number of thiazole rings is 1. The van der Waals surface area contributed by atoms with E-state index in [-0.39, 0.29) is 12.5 Å². The van der Waals surface area contributed by atoms with Gasteiger partial charge in [-0.3, -0.25) is 14.9 Å². The maximum atomic E-state index is 12.0. The van der Waals surface area contributed by atoms with Crippen molar-refractivity contribution in [2.24, 2.45) is 11.7 Å². The second-order valence-electron chi connectivity index (χ2n) is 5.96. The van der Waals surface area contributed by atoms with E-state index >= 15 is 0 Å². The molecule has 2 aromatic rings. The van der Waals surface area contributed by atoms with Gasteiger partial charge in [-0.1, -0.05) is 6.92 Å². The SMILES string of the molecule is C[C@H]1CCc2nc(NC(=O)COc3ccc(C(N)=O)cc3)sc2C1. The minimum Gasteiger partial charge on any atom is -0.484 e. The number of hydrogen-bond donors (Lipinski definition) is 2. The van der Waals surface area contributed by atoms with Crippen molar-refractivity contribution < 1.29 is 14.3 Å². The number of aromatic nitrogens is 1. The van der Waals surface area contributed by atoms with E-state index in [2.05, 4.69) is 17.2 Å². The lowest BCUT2D eigenvalue weighted by molar-refractivity contribution is -0.118. The lowest BCUT2D eigenvalue weighted by Gasteiger charge is -2.15. The topological polar surface area (TPSA) is 94.3 Å². The van der Waals surface area contributed by atoms with E-state index in [9.17, 15) is 9.59 Å². The van der Waals surface area contributed by atoms with Gasteiger partial charge in [0.25, 0.3) is 5.91 Å². The van der Waals surface area contributed by atoms with Crippen LogP contribution < -0.4 is 15.8 Å². The average Bonchev–Trinajstić information content (AvgIpc) is 2.94. The van der Waals surface area contributed by atoms with Gasteiger partial charge in [0.05, 0.1) is 5.69 Å². The molecule has 2 amide bonds. The second kappa shape index (κ2) is 7.00. The Kier molecular flexibility index (Phi) is 4.80. The summed E-state index contributed by atoms with van der Waals surface area (Å²) in [5.74, 6) is 0.421. The third-order valence-electron chi connectivity index (χ3n) is 3.94. The molecule has 3 N–H and O–H groups in total. The molecule has 1 aliphatic carbocycles. The number of aryl methyl sites for hydroxylation is 1.